The van der Waals surface area contributed by atoms with Crippen LogP contribution in [-0.4, -0.2) is 43.2 Å². The number of carbonyl (C=O) groups excluding carboxylic acids is 1. The maximum absolute atomic E-state index is 12.5. The lowest BCUT2D eigenvalue weighted by Gasteiger charge is -2.34. The van der Waals surface area contributed by atoms with Gasteiger partial charge in [0.05, 0.1) is 11.5 Å². The summed E-state index contributed by atoms with van der Waals surface area (Å²) in [6.45, 7) is 3.06. The number of pyridine rings is 1. The van der Waals surface area contributed by atoms with Crippen molar-refractivity contribution < 1.29 is 9.53 Å². The van der Waals surface area contributed by atoms with Crippen molar-refractivity contribution in [3.05, 3.63) is 23.9 Å². The van der Waals surface area contributed by atoms with Gasteiger partial charge in [-0.3, -0.25) is 4.79 Å². The van der Waals surface area contributed by atoms with Crippen LogP contribution in [0.2, 0.25) is 0 Å². The fraction of sp³-hybridized carbons (Fsp3) is 0.588. The van der Waals surface area contributed by atoms with Crippen LogP contribution < -0.4 is 10.2 Å². The summed E-state index contributed by atoms with van der Waals surface area (Å²) in [6.07, 6.45) is 5.29. The first kappa shape index (κ1) is 15.8. The van der Waals surface area contributed by atoms with Crippen molar-refractivity contribution in [1.82, 2.24) is 10.3 Å². The SMILES string of the molecule is N#Cc1ccc(N2CCCC(C(=O)NC3CCOCC3)C2)nc1. The number of nitriles is 1. The molecular weight excluding hydrogens is 292 g/mol. The van der Waals surface area contributed by atoms with Crippen LogP contribution in [0.25, 0.3) is 0 Å². The van der Waals surface area contributed by atoms with Gasteiger partial charge in [-0.1, -0.05) is 0 Å². The molecule has 2 saturated heterocycles. The first-order valence-electron chi connectivity index (χ1n) is 8.25. The smallest absolute Gasteiger partial charge is 0.225 e. The van der Waals surface area contributed by atoms with E-state index in [2.05, 4.69) is 21.3 Å². The average Bonchev–Trinajstić information content (AvgIpc) is 2.63. The van der Waals surface area contributed by atoms with Crippen LogP contribution >= 0.6 is 0 Å². The maximum atomic E-state index is 12.5. The number of aromatic nitrogens is 1. The number of rotatable bonds is 3. The molecule has 2 fully saturated rings. The second kappa shape index (κ2) is 7.42. The van der Waals surface area contributed by atoms with Crippen molar-refractivity contribution in [3.8, 4) is 6.07 Å². The van der Waals surface area contributed by atoms with Crippen molar-refractivity contribution >= 4 is 11.7 Å². The zero-order valence-corrected chi connectivity index (χ0v) is 13.2. The molecule has 1 amide bonds. The molecule has 1 aromatic rings. The van der Waals surface area contributed by atoms with Crippen molar-refractivity contribution in [2.24, 2.45) is 5.92 Å². The summed E-state index contributed by atoms with van der Waals surface area (Å²) < 4.78 is 5.33. The van der Waals surface area contributed by atoms with E-state index in [0.29, 0.717) is 12.1 Å². The monoisotopic (exact) mass is 314 g/mol. The molecule has 1 atom stereocenters. The predicted octanol–water partition coefficient (Wildman–Crippen LogP) is 1.46. The number of carbonyl (C=O) groups is 1. The minimum atomic E-state index is 0.00374. The zero-order chi connectivity index (χ0) is 16.1. The van der Waals surface area contributed by atoms with Gasteiger partial charge in [0, 0.05) is 38.5 Å². The number of amides is 1. The summed E-state index contributed by atoms with van der Waals surface area (Å²) in [5.41, 5.74) is 0.555. The first-order chi connectivity index (χ1) is 11.3. The van der Waals surface area contributed by atoms with E-state index in [4.69, 9.17) is 10.00 Å². The molecule has 6 nitrogen and oxygen atoms in total. The lowest BCUT2D eigenvalue weighted by molar-refractivity contribution is -0.126. The maximum Gasteiger partial charge on any atom is 0.225 e. The highest BCUT2D eigenvalue weighted by atomic mass is 16.5. The Bertz CT molecular complexity index is 575. The fourth-order valence-corrected chi connectivity index (χ4v) is 3.20. The number of hydrogen-bond donors (Lipinski definition) is 1. The summed E-state index contributed by atoms with van der Waals surface area (Å²) in [7, 11) is 0. The van der Waals surface area contributed by atoms with Gasteiger partial charge in [-0.25, -0.2) is 4.98 Å². The molecule has 1 aromatic heterocycles. The lowest BCUT2D eigenvalue weighted by Crippen LogP contribution is -2.47. The van der Waals surface area contributed by atoms with Gasteiger partial charge in [-0.2, -0.15) is 5.26 Å². The molecule has 0 saturated carbocycles. The van der Waals surface area contributed by atoms with E-state index < -0.39 is 0 Å². The molecule has 3 heterocycles. The number of piperidine rings is 1. The summed E-state index contributed by atoms with van der Waals surface area (Å²) in [6, 6.07) is 5.95. The van der Waals surface area contributed by atoms with Crippen molar-refractivity contribution in [2.75, 3.05) is 31.2 Å². The minimum Gasteiger partial charge on any atom is -0.381 e. The van der Waals surface area contributed by atoms with Crippen LogP contribution in [0.5, 0.6) is 0 Å². The Labute approximate surface area is 136 Å². The van der Waals surface area contributed by atoms with Gasteiger partial charge < -0.3 is 15.0 Å². The van der Waals surface area contributed by atoms with Gasteiger partial charge in [-0.05, 0) is 37.8 Å². The van der Waals surface area contributed by atoms with Gasteiger partial charge in [0.25, 0.3) is 0 Å². The van der Waals surface area contributed by atoms with E-state index in [-0.39, 0.29) is 17.9 Å². The molecule has 2 aliphatic heterocycles. The van der Waals surface area contributed by atoms with Crippen LogP contribution in [0.3, 0.4) is 0 Å². The lowest BCUT2D eigenvalue weighted by atomic mass is 9.96. The highest BCUT2D eigenvalue weighted by Gasteiger charge is 2.28. The number of nitrogens with zero attached hydrogens (tertiary/aromatic N) is 3. The minimum absolute atomic E-state index is 0.00374. The van der Waals surface area contributed by atoms with Crippen LogP contribution in [-0.2, 0) is 9.53 Å². The largest absolute Gasteiger partial charge is 0.381 e. The molecular formula is C17H22N4O2. The van der Waals surface area contributed by atoms with Crippen LogP contribution in [0.4, 0.5) is 5.82 Å². The Morgan fingerprint density at radius 3 is 2.87 bits per heavy atom. The van der Waals surface area contributed by atoms with Crippen molar-refractivity contribution in [3.63, 3.8) is 0 Å². The van der Waals surface area contributed by atoms with Gasteiger partial charge >= 0.3 is 0 Å². The van der Waals surface area contributed by atoms with E-state index >= 15 is 0 Å². The second-order valence-electron chi connectivity index (χ2n) is 6.20. The Kier molecular flexibility index (Phi) is 5.09. The van der Waals surface area contributed by atoms with Crippen LogP contribution in [0.1, 0.15) is 31.2 Å². The molecule has 0 aromatic carbocycles. The molecule has 122 valence electrons. The van der Waals surface area contributed by atoms with Crippen LogP contribution in [0, 0.1) is 17.2 Å². The fourth-order valence-electron chi connectivity index (χ4n) is 3.20. The summed E-state index contributed by atoms with van der Waals surface area (Å²) in [5.74, 6) is 0.992. The standard InChI is InChI=1S/C17H22N4O2/c18-10-13-3-4-16(19-11-13)21-7-1-2-14(12-21)17(22)20-15-5-8-23-9-6-15/h3-4,11,14-15H,1-2,5-9,12H2,(H,20,22). The second-order valence-corrected chi connectivity index (χ2v) is 6.20. The van der Waals surface area contributed by atoms with Gasteiger partial charge in [0.1, 0.15) is 11.9 Å². The quantitative estimate of drug-likeness (QED) is 0.914. The molecule has 6 heteroatoms. The van der Waals surface area contributed by atoms with E-state index in [9.17, 15) is 4.79 Å². The third kappa shape index (κ3) is 3.99. The molecule has 0 bridgehead atoms. The number of anilines is 1. The third-order valence-electron chi connectivity index (χ3n) is 4.56. The average molecular weight is 314 g/mol. The number of nitrogens with one attached hydrogen (secondary N) is 1. The molecule has 0 aliphatic carbocycles. The van der Waals surface area contributed by atoms with Crippen molar-refractivity contribution in [2.45, 2.75) is 31.7 Å². The molecule has 3 rings (SSSR count). The van der Waals surface area contributed by atoms with Crippen LogP contribution in [0.15, 0.2) is 18.3 Å². The molecule has 0 spiro atoms. The Balaban J connectivity index is 1.58. The van der Waals surface area contributed by atoms with Crippen molar-refractivity contribution in [1.29, 1.82) is 5.26 Å². The molecule has 2 aliphatic rings. The van der Waals surface area contributed by atoms with Gasteiger partial charge in [-0.15, -0.1) is 0 Å². The molecule has 23 heavy (non-hydrogen) atoms. The summed E-state index contributed by atoms with van der Waals surface area (Å²) >= 11 is 0. The number of ether oxygens (including phenoxy) is 1. The van der Waals surface area contributed by atoms with E-state index in [1.807, 2.05) is 6.07 Å². The topological polar surface area (TPSA) is 78.2 Å². The molecule has 1 N–H and O–H groups in total. The highest BCUT2D eigenvalue weighted by molar-refractivity contribution is 5.79. The zero-order valence-electron chi connectivity index (χ0n) is 13.2. The Morgan fingerprint density at radius 2 is 2.17 bits per heavy atom. The van der Waals surface area contributed by atoms with E-state index in [1.165, 1.54) is 0 Å². The van der Waals surface area contributed by atoms with Gasteiger partial charge in [0.2, 0.25) is 5.91 Å². The Hall–Kier alpha value is -2.13. The van der Waals surface area contributed by atoms with Gasteiger partial charge in [0.15, 0.2) is 0 Å². The first-order valence-corrected chi connectivity index (χ1v) is 8.25. The summed E-state index contributed by atoms with van der Waals surface area (Å²) in [4.78, 5) is 19.0. The summed E-state index contributed by atoms with van der Waals surface area (Å²) in [5, 5.41) is 12.0. The van der Waals surface area contributed by atoms with E-state index in [0.717, 1.165) is 51.3 Å². The Morgan fingerprint density at radius 1 is 1.35 bits per heavy atom. The molecule has 1 unspecified atom stereocenters. The predicted molar refractivity (Wildman–Crippen MR) is 85.9 cm³/mol. The van der Waals surface area contributed by atoms with E-state index in [1.54, 1.807) is 12.3 Å². The highest BCUT2D eigenvalue weighted by Crippen LogP contribution is 2.22. The third-order valence-corrected chi connectivity index (χ3v) is 4.56. The normalized spacial score (nSPS) is 22.4. The molecule has 0 radical (unpaired) electrons. The number of hydrogen-bond acceptors (Lipinski definition) is 5.